The maximum absolute atomic E-state index is 12.4. The van der Waals surface area contributed by atoms with Gasteiger partial charge in [0.1, 0.15) is 5.71 Å². The Morgan fingerprint density at radius 3 is 2.06 bits per heavy atom. The first-order valence-corrected chi connectivity index (χ1v) is 4.14. The lowest BCUT2D eigenvalue weighted by Crippen LogP contribution is -2.56. The number of nitrogens with zero attached hydrogens (tertiary/aromatic N) is 2. The summed E-state index contributed by atoms with van der Waals surface area (Å²) in [5.41, 5.74) is -5.79. The van der Waals surface area contributed by atoms with Crippen molar-refractivity contribution in [2.75, 3.05) is 0 Å². The Hall–Kier alpha value is -1.32. The molecule has 10 heteroatoms. The molecule has 0 saturated heterocycles. The third-order valence-electron chi connectivity index (χ3n) is 2.06. The summed E-state index contributed by atoms with van der Waals surface area (Å²) in [6.45, 7) is 0.569. The van der Waals surface area contributed by atoms with Gasteiger partial charge in [-0.05, 0) is 0 Å². The Morgan fingerprint density at radius 1 is 1.35 bits per heavy atom. The first kappa shape index (κ1) is 13.7. The van der Waals surface area contributed by atoms with Crippen LogP contribution in [0.25, 0.3) is 0 Å². The van der Waals surface area contributed by atoms with Gasteiger partial charge in [0.05, 0.1) is 6.42 Å². The van der Waals surface area contributed by atoms with E-state index in [9.17, 15) is 31.1 Å². The standard InChI is InChI=1S/C7H6F6N2O2/c1-3(16)15-5(17,7(11,12)13)2-4(14-15)6(8,9)10/h17H,2H2,1H3. The molecule has 0 aromatic rings. The molecular weight excluding hydrogens is 258 g/mol. The van der Waals surface area contributed by atoms with E-state index in [0.29, 0.717) is 6.92 Å². The molecule has 0 spiro atoms. The van der Waals surface area contributed by atoms with Crippen LogP contribution in [0.3, 0.4) is 0 Å². The molecule has 1 rings (SSSR count). The molecule has 17 heavy (non-hydrogen) atoms. The molecule has 1 atom stereocenters. The Kier molecular flexibility index (Phi) is 2.90. The van der Waals surface area contributed by atoms with Crippen LogP contribution in [0.15, 0.2) is 5.10 Å². The second kappa shape index (κ2) is 3.59. The second-order valence-electron chi connectivity index (χ2n) is 3.37. The zero-order valence-corrected chi connectivity index (χ0v) is 8.22. The predicted octanol–water partition coefficient (Wildman–Crippen LogP) is 1.41. The van der Waals surface area contributed by atoms with Crippen molar-refractivity contribution in [2.24, 2.45) is 5.10 Å². The van der Waals surface area contributed by atoms with E-state index in [2.05, 4.69) is 5.10 Å². The zero-order valence-electron chi connectivity index (χ0n) is 8.22. The number of hydrogen-bond donors (Lipinski definition) is 1. The van der Waals surface area contributed by atoms with E-state index >= 15 is 0 Å². The topological polar surface area (TPSA) is 52.9 Å². The Morgan fingerprint density at radius 2 is 1.82 bits per heavy atom. The van der Waals surface area contributed by atoms with Gasteiger partial charge in [-0.15, -0.1) is 0 Å². The summed E-state index contributed by atoms with van der Waals surface area (Å²) in [6.07, 6.45) is -12.4. The summed E-state index contributed by atoms with van der Waals surface area (Å²) < 4.78 is 73.8. The molecule has 0 radical (unpaired) electrons. The highest BCUT2D eigenvalue weighted by molar-refractivity contribution is 5.94. The molecule has 1 amide bonds. The van der Waals surface area contributed by atoms with Gasteiger partial charge in [0.15, 0.2) is 0 Å². The van der Waals surface area contributed by atoms with Crippen LogP contribution in [0, 0.1) is 0 Å². The van der Waals surface area contributed by atoms with Gasteiger partial charge >= 0.3 is 12.4 Å². The lowest BCUT2D eigenvalue weighted by Gasteiger charge is -2.31. The lowest BCUT2D eigenvalue weighted by molar-refractivity contribution is -0.302. The Labute approximate surface area is 90.5 Å². The molecule has 1 N–H and O–H groups in total. The minimum absolute atomic E-state index is 0.569. The number of rotatable bonds is 0. The number of hydrazone groups is 1. The number of hydrogen-bond acceptors (Lipinski definition) is 3. The molecule has 1 aliphatic heterocycles. The molecule has 0 aromatic carbocycles. The van der Waals surface area contributed by atoms with Crippen LogP contribution in [0.2, 0.25) is 0 Å². The fourth-order valence-electron chi connectivity index (χ4n) is 1.26. The summed E-state index contributed by atoms with van der Waals surface area (Å²) >= 11 is 0. The highest BCUT2D eigenvalue weighted by atomic mass is 19.4. The molecule has 1 heterocycles. The molecule has 1 aliphatic rings. The number of carbonyl (C=O) groups excluding carboxylic acids is 1. The van der Waals surface area contributed by atoms with E-state index < -0.39 is 41.1 Å². The van der Waals surface area contributed by atoms with Gasteiger partial charge in [-0.3, -0.25) is 4.79 Å². The normalized spacial score (nSPS) is 26.1. The molecule has 98 valence electrons. The molecule has 1 unspecified atom stereocenters. The number of aliphatic hydroxyl groups is 1. The monoisotopic (exact) mass is 264 g/mol. The zero-order chi connectivity index (χ0) is 13.6. The van der Waals surface area contributed by atoms with Crippen molar-refractivity contribution < 1.29 is 36.2 Å². The van der Waals surface area contributed by atoms with Crippen molar-refractivity contribution in [3.8, 4) is 0 Å². The van der Waals surface area contributed by atoms with Crippen molar-refractivity contribution >= 4 is 11.6 Å². The molecule has 4 nitrogen and oxygen atoms in total. The second-order valence-corrected chi connectivity index (χ2v) is 3.37. The van der Waals surface area contributed by atoms with Crippen molar-refractivity contribution in [1.29, 1.82) is 0 Å². The van der Waals surface area contributed by atoms with Crippen LogP contribution in [0.5, 0.6) is 0 Å². The summed E-state index contributed by atoms with van der Waals surface area (Å²) in [5.74, 6) is -1.44. The Balaban J connectivity index is 3.20. The van der Waals surface area contributed by atoms with Crippen LogP contribution in [0.1, 0.15) is 13.3 Å². The van der Waals surface area contributed by atoms with Gasteiger partial charge in [-0.2, -0.15) is 36.5 Å². The van der Waals surface area contributed by atoms with Gasteiger partial charge in [-0.25, -0.2) is 0 Å². The van der Waals surface area contributed by atoms with E-state index in [1.165, 1.54) is 0 Å². The average molecular weight is 264 g/mol. The van der Waals surface area contributed by atoms with Crippen LogP contribution in [-0.2, 0) is 4.79 Å². The fourth-order valence-corrected chi connectivity index (χ4v) is 1.26. The lowest BCUT2D eigenvalue weighted by atomic mass is 10.1. The van der Waals surface area contributed by atoms with Crippen LogP contribution < -0.4 is 0 Å². The largest absolute Gasteiger partial charge is 0.438 e. The summed E-state index contributed by atoms with van der Waals surface area (Å²) in [4.78, 5) is 10.8. The number of halogens is 6. The van der Waals surface area contributed by atoms with Gasteiger partial charge in [0.25, 0.3) is 5.72 Å². The summed E-state index contributed by atoms with van der Waals surface area (Å²) in [5, 5.41) is 11.0. The van der Waals surface area contributed by atoms with Gasteiger partial charge < -0.3 is 5.11 Å². The van der Waals surface area contributed by atoms with Gasteiger partial charge in [0, 0.05) is 6.92 Å². The van der Waals surface area contributed by atoms with Gasteiger partial charge in [-0.1, -0.05) is 0 Å². The smallest absolute Gasteiger partial charge is 0.362 e. The summed E-state index contributed by atoms with van der Waals surface area (Å²) in [6, 6.07) is 0. The molecule has 0 saturated carbocycles. The Bertz CT molecular complexity index is 374. The molecule has 0 aromatic heterocycles. The first-order valence-electron chi connectivity index (χ1n) is 4.14. The maximum atomic E-state index is 12.4. The molecule has 0 fully saturated rings. The predicted molar refractivity (Wildman–Crippen MR) is 41.6 cm³/mol. The molecule has 0 aliphatic carbocycles. The van der Waals surface area contributed by atoms with E-state index in [1.54, 1.807) is 0 Å². The van der Waals surface area contributed by atoms with Crippen molar-refractivity contribution in [1.82, 2.24) is 5.01 Å². The number of carbonyl (C=O) groups is 1. The van der Waals surface area contributed by atoms with Gasteiger partial charge in [0.2, 0.25) is 5.91 Å². The third-order valence-corrected chi connectivity index (χ3v) is 2.06. The van der Waals surface area contributed by atoms with Crippen LogP contribution in [-0.4, -0.2) is 39.8 Å². The van der Waals surface area contributed by atoms with Crippen molar-refractivity contribution in [3.05, 3.63) is 0 Å². The highest BCUT2D eigenvalue weighted by Gasteiger charge is 2.65. The van der Waals surface area contributed by atoms with Crippen molar-refractivity contribution in [3.63, 3.8) is 0 Å². The minimum atomic E-state index is -5.44. The molecular formula is C7H6F6N2O2. The molecule has 0 bridgehead atoms. The van der Waals surface area contributed by atoms with Crippen molar-refractivity contribution in [2.45, 2.75) is 31.4 Å². The quantitative estimate of drug-likeness (QED) is 0.672. The number of alkyl halides is 6. The number of amides is 1. The highest BCUT2D eigenvalue weighted by Crippen LogP contribution is 2.42. The third kappa shape index (κ3) is 2.21. The SMILES string of the molecule is CC(=O)N1N=C(C(F)(F)F)CC1(O)C(F)(F)F. The maximum Gasteiger partial charge on any atom is 0.438 e. The van der Waals surface area contributed by atoms with E-state index in [4.69, 9.17) is 5.11 Å². The minimum Gasteiger partial charge on any atom is -0.362 e. The van der Waals surface area contributed by atoms with E-state index in [-0.39, 0.29) is 0 Å². The fraction of sp³-hybridized carbons (Fsp3) is 0.714. The average Bonchev–Trinajstić information content (AvgIpc) is 2.42. The first-order chi connectivity index (χ1) is 7.39. The van der Waals surface area contributed by atoms with Crippen LogP contribution in [0.4, 0.5) is 26.3 Å². The van der Waals surface area contributed by atoms with E-state index in [0.717, 1.165) is 0 Å². The van der Waals surface area contributed by atoms with E-state index in [1.807, 2.05) is 0 Å². The van der Waals surface area contributed by atoms with Crippen LogP contribution >= 0.6 is 0 Å². The summed E-state index contributed by atoms with van der Waals surface area (Å²) in [7, 11) is 0.